The molecular formula is C44H44N4O5. The van der Waals surface area contributed by atoms with Gasteiger partial charge in [0.2, 0.25) is 0 Å². The fraction of sp³-hybridized carbons (Fsp3) is 0.227. The van der Waals surface area contributed by atoms with Crippen LogP contribution in [0.25, 0.3) is 11.1 Å². The first-order valence-corrected chi connectivity index (χ1v) is 18.1. The van der Waals surface area contributed by atoms with Gasteiger partial charge in [0.25, 0.3) is 5.91 Å². The maximum atomic E-state index is 13.2. The second-order valence-corrected chi connectivity index (χ2v) is 13.2. The van der Waals surface area contributed by atoms with Crippen LogP contribution in [0.3, 0.4) is 0 Å². The van der Waals surface area contributed by atoms with Crippen molar-refractivity contribution < 1.29 is 23.8 Å². The van der Waals surface area contributed by atoms with E-state index in [0.717, 1.165) is 50.6 Å². The summed E-state index contributed by atoms with van der Waals surface area (Å²) >= 11 is 0. The van der Waals surface area contributed by atoms with Crippen molar-refractivity contribution in [3.8, 4) is 28.4 Å². The Hall–Kier alpha value is -5.90. The van der Waals surface area contributed by atoms with Crippen molar-refractivity contribution in [2.75, 3.05) is 57.8 Å². The van der Waals surface area contributed by atoms with Gasteiger partial charge in [-0.3, -0.25) is 14.6 Å². The third kappa shape index (κ3) is 8.95. The van der Waals surface area contributed by atoms with E-state index < -0.39 is 6.09 Å². The fourth-order valence-corrected chi connectivity index (χ4v) is 6.85. The van der Waals surface area contributed by atoms with Crippen LogP contribution in [0, 0.1) is 0 Å². The van der Waals surface area contributed by atoms with Crippen molar-refractivity contribution in [3.63, 3.8) is 0 Å². The second kappa shape index (κ2) is 17.1. The topological polar surface area (TPSA) is 92.4 Å². The van der Waals surface area contributed by atoms with Crippen molar-refractivity contribution in [1.29, 1.82) is 0 Å². The van der Waals surface area contributed by atoms with E-state index in [2.05, 4.69) is 51.3 Å². The number of carbonyl (C=O) groups is 2. The molecule has 2 N–H and O–H groups in total. The maximum absolute atomic E-state index is 13.2. The SMILES string of the molecule is C=CCN1CCN(CCOc2ccc(Oc3ccccc3NC(=O)c3ccc(CNC(=O)OCC4c5ccccc5-c5ccccc54)cc3)cc2)CC1. The Kier molecular flexibility index (Phi) is 11.4. The number of alkyl carbamates (subject to hydrolysis) is 1. The van der Waals surface area contributed by atoms with Gasteiger partial charge in [-0.05, 0) is 76.3 Å². The molecule has 5 aromatic rings. The number of hydrogen-bond donors (Lipinski definition) is 2. The minimum Gasteiger partial charge on any atom is -0.492 e. The van der Waals surface area contributed by atoms with Crippen molar-refractivity contribution in [1.82, 2.24) is 15.1 Å². The number of piperazine rings is 1. The molecule has 0 unspecified atom stereocenters. The Labute approximate surface area is 310 Å². The molecule has 0 spiro atoms. The van der Waals surface area contributed by atoms with E-state index in [9.17, 15) is 9.59 Å². The van der Waals surface area contributed by atoms with E-state index in [4.69, 9.17) is 14.2 Å². The molecule has 1 saturated heterocycles. The zero-order valence-corrected chi connectivity index (χ0v) is 29.7. The van der Waals surface area contributed by atoms with Gasteiger partial charge < -0.3 is 24.8 Å². The highest BCUT2D eigenvalue weighted by atomic mass is 16.5. The number of para-hydroxylation sites is 2. The van der Waals surface area contributed by atoms with E-state index in [1.807, 2.05) is 84.9 Å². The number of nitrogens with one attached hydrogen (secondary N) is 2. The van der Waals surface area contributed by atoms with Crippen LogP contribution in [-0.2, 0) is 11.3 Å². The molecule has 0 bridgehead atoms. The van der Waals surface area contributed by atoms with E-state index in [-0.39, 0.29) is 25.0 Å². The van der Waals surface area contributed by atoms with Gasteiger partial charge in [-0.1, -0.05) is 78.9 Å². The lowest BCUT2D eigenvalue weighted by Gasteiger charge is -2.33. The molecule has 1 aliphatic heterocycles. The van der Waals surface area contributed by atoms with E-state index in [1.54, 1.807) is 18.2 Å². The van der Waals surface area contributed by atoms with Gasteiger partial charge in [0.15, 0.2) is 5.75 Å². The highest BCUT2D eigenvalue weighted by Crippen LogP contribution is 2.44. The highest BCUT2D eigenvalue weighted by molar-refractivity contribution is 6.05. The van der Waals surface area contributed by atoms with Crippen LogP contribution in [0.1, 0.15) is 33.0 Å². The van der Waals surface area contributed by atoms with Gasteiger partial charge in [-0.25, -0.2) is 4.79 Å². The molecule has 0 aromatic heterocycles. The van der Waals surface area contributed by atoms with Crippen molar-refractivity contribution in [2.24, 2.45) is 0 Å². The summed E-state index contributed by atoms with van der Waals surface area (Å²) in [7, 11) is 0. The molecular weight excluding hydrogens is 665 g/mol. The maximum Gasteiger partial charge on any atom is 0.407 e. The van der Waals surface area contributed by atoms with Gasteiger partial charge in [0.1, 0.15) is 24.7 Å². The van der Waals surface area contributed by atoms with Crippen LogP contribution < -0.4 is 20.1 Å². The van der Waals surface area contributed by atoms with E-state index in [1.165, 1.54) is 22.3 Å². The Morgan fingerprint density at radius 3 is 2.06 bits per heavy atom. The van der Waals surface area contributed by atoms with Crippen LogP contribution >= 0.6 is 0 Å². The molecule has 1 heterocycles. The lowest BCUT2D eigenvalue weighted by Crippen LogP contribution is -2.47. The minimum absolute atomic E-state index is 0.00314. The van der Waals surface area contributed by atoms with Crippen molar-refractivity contribution >= 4 is 17.7 Å². The number of benzene rings is 5. The molecule has 53 heavy (non-hydrogen) atoms. The number of rotatable bonds is 14. The van der Waals surface area contributed by atoms with Crippen LogP contribution in [0.4, 0.5) is 10.5 Å². The molecule has 2 aliphatic rings. The first kappa shape index (κ1) is 35.5. The van der Waals surface area contributed by atoms with E-state index >= 15 is 0 Å². The van der Waals surface area contributed by atoms with Crippen LogP contribution in [-0.4, -0.2) is 74.3 Å². The third-order valence-electron chi connectivity index (χ3n) is 9.71. The second-order valence-electron chi connectivity index (χ2n) is 13.2. The zero-order chi connectivity index (χ0) is 36.4. The Morgan fingerprint density at radius 1 is 0.736 bits per heavy atom. The van der Waals surface area contributed by atoms with Crippen molar-refractivity contribution in [3.05, 3.63) is 156 Å². The predicted molar refractivity (Wildman–Crippen MR) is 208 cm³/mol. The quantitative estimate of drug-likeness (QED) is 0.113. The van der Waals surface area contributed by atoms with Gasteiger partial charge in [0.05, 0.1) is 5.69 Å². The summed E-state index contributed by atoms with van der Waals surface area (Å²) in [5.41, 5.74) is 6.57. The fourth-order valence-electron chi connectivity index (χ4n) is 6.85. The monoisotopic (exact) mass is 708 g/mol. The Morgan fingerprint density at radius 2 is 1.36 bits per heavy atom. The van der Waals surface area contributed by atoms with Crippen LogP contribution in [0.15, 0.2) is 134 Å². The molecule has 9 heteroatoms. The number of nitrogens with zero attached hydrogens (tertiary/aromatic N) is 2. The molecule has 2 amide bonds. The predicted octanol–water partition coefficient (Wildman–Crippen LogP) is 7.95. The summed E-state index contributed by atoms with van der Waals surface area (Å²) < 4.78 is 17.8. The van der Waals surface area contributed by atoms with Crippen LogP contribution in [0.2, 0.25) is 0 Å². The number of ether oxygens (including phenoxy) is 3. The molecule has 7 rings (SSSR count). The molecule has 0 radical (unpaired) electrons. The Balaban J connectivity index is 0.860. The summed E-state index contributed by atoms with van der Waals surface area (Å²) in [4.78, 5) is 30.7. The van der Waals surface area contributed by atoms with Crippen LogP contribution in [0.5, 0.6) is 17.2 Å². The molecule has 9 nitrogen and oxygen atoms in total. The first-order valence-electron chi connectivity index (χ1n) is 18.1. The molecule has 0 atom stereocenters. The zero-order valence-electron chi connectivity index (χ0n) is 29.7. The summed E-state index contributed by atoms with van der Waals surface area (Å²) in [6, 6.07) is 38.4. The third-order valence-corrected chi connectivity index (χ3v) is 9.71. The largest absolute Gasteiger partial charge is 0.492 e. The highest BCUT2D eigenvalue weighted by Gasteiger charge is 2.29. The molecule has 0 saturated carbocycles. The Bertz CT molecular complexity index is 1980. The lowest BCUT2D eigenvalue weighted by atomic mass is 9.98. The van der Waals surface area contributed by atoms with E-state index in [0.29, 0.717) is 29.4 Å². The number of anilines is 1. The normalized spacial score (nSPS) is 14.1. The number of fused-ring (bicyclic) bond motifs is 3. The standard InChI is InChI=1S/C44H44N4O5/c1-2-23-47-24-26-48(27-25-47)28-29-51-34-19-21-35(22-20-34)53-42-14-8-7-13-41(42)46-43(49)33-17-15-32(16-18-33)30-45-44(50)52-31-40-38-11-5-3-9-36(38)37-10-4-6-12-39(37)40/h2-22,40H,1,23-31H2,(H,45,50)(H,46,49). The number of carbonyl (C=O) groups excluding carboxylic acids is 2. The molecule has 5 aromatic carbocycles. The van der Waals surface area contributed by atoms with Gasteiger partial charge in [-0.2, -0.15) is 0 Å². The average Bonchev–Trinajstić information content (AvgIpc) is 3.52. The minimum atomic E-state index is -0.489. The summed E-state index contributed by atoms with van der Waals surface area (Å²) in [6.07, 6.45) is 1.47. The average molecular weight is 709 g/mol. The summed E-state index contributed by atoms with van der Waals surface area (Å²) in [5, 5.41) is 5.79. The van der Waals surface area contributed by atoms with Gasteiger partial charge in [-0.15, -0.1) is 6.58 Å². The van der Waals surface area contributed by atoms with Gasteiger partial charge >= 0.3 is 6.09 Å². The first-order chi connectivity index (χ1) is 26.0. The lowest BCUT2D eigenvalue weighted by molar-refractivity contribution is 0.102. The summed E-state index contributed by atoms with van der Waals surface area (Å²) in [6.45, 7) is 11.0. The molecule has 1 aliphatic carbocycles. The van der Waals surface area contributed by atoms with Gasteiger partial charge in [0, 0.05) is 57.3 Å². The molecule has 1 fully saturated rings. The molecule has 270 valence electrons. The number of amides is 2. The summed E-state index contributed by atoms with van der Waals surface area (Å²) in [5.74, 6) is 1.65. The van der Waals surface area contributed by atoms with Crippen molar-refractivity contribution in [2.45, 2.75) is 12.5 Å². The number of hydrogen-bond acceptors (Lipinski definition) is 7. The smallest absolute Gasteiger partial charge is 0.407 e.